The summed E-state index contributed by atoms with van der Waals surface area (Å²) in [5.74, 6) is 1.64. The Hall–Kier alpha value is -2.57. The molecule has 2 aliphatic heterocycles. The molecule has 1 saturated heterocycles. The lowest BCUT2D eigenvalue weighted by Gasteiger charge is -2.23. The predicted octanol–water partition coefficient (Wildman–Crippen LogP) is 4.85. The summed E-state index contributed by atoms with van der Waals surface area (Å²) >= 11 is 6.82. The number of nitrogens with zero attached hydrogens (tertiary/aromatic N) is 1. The summed E-state index contributed by atoms with van der Waals surface area (Å²) in [4.78, 5) is 15.2. The average Bonchev–Trinajstić information content (AvgIpc) is 3.00. The zero-order valence-electron chi connectivity index (χ0n) is 16.3. The molecule has 148 valence electrons. The molecule has 4 rings (SSSR count). The maximum Gasteiger partial charge on any atom is 0.266 e. The Morgan fingerprint density at radius 2 is 1.97 bits per heavy atom. The third-order valence-electron chi connectivity index (χ3n) is 4.97. The van der Waals surface area contributed by atoms with Crippen LogP contribution in [-0.4, -0.2) is 34.9 Å². The highest BCUT2D eigenvalue weighted by molar-refractivity contribution is 8.26. The van der Waals surface area contributed by atoms with E-state index < -0.39 is 0 Å². The van der Waals surface area contributed by atoms with Crippen molar-refractivity contribution in [2.45, 2.75) is 19.4 Å². The molecule has 2 heterocycles. The number of hydrogen-bond acceptors (Lipinski definition) is 5. The summed E-state index contributed by atoms with van der Waals surface area (Å²) < 4.78 is 11.8. The zero-order chi connectivity index (χ0) is 20.4. The van der Waals surface area contributed by atoms with Crippen LogP contribution in [0.15, 0.2) is 65.1 Å². The van der Waals surface area contributed by atoms with E-state index in [1.807, 2.05) is 61.5 Å². The molecule has 0 N–H and O–H groups in total. The van der Waals surface area contributed by atoms with E-state index in [9.17, 15) is 4.79 Å². The molecule has 2 aromatic rings. The van der Waals surface area contributed by atoms with Gasteiger partial charge in [0.2, 0.25) is 0 Å². The lowest BCUT2D eigenvalue weighted by atomic mass is 10.0. The Morgan fingerprint density at radius 3 is 2.72 bits per heavy atom. The number of fused-ring (bicyclic) bond motifs is 1. The van der Waals surface area contributed by atoms with Crippen molar-refractivity contribution in [3.63, 3.8) is 0 Å². The van der Waals surface area contributed by atoms with E-state index in [0.717, 1.165) is 34.6 Å². The van der Waals surface area contributed by atoms with Gasteiger partial charge in [0, 0.05) is 12.1 Å². The van der Waals surface area contributed by atoms with Gasteiger partial charge < -0.3 is 9.47 Å². The molecule has 4 nitrogen and oxygen atoms in total. The second-order valence-electron chi connectivity index (χ2n) is 6.87. The molecule has 0 aromatic heterocycles. The van der Waals surface area contributed by atoms with Gasteiger partial charge in [0.1, 0.15) is 21.9 Å². The molecule has 29 heavy (non-hydrogen) atoms. The topological polar surface area (TPSA) is 38.8 Å². The number of amides is 1. The van der Waals surface area contributed by atoms with Crippen molar-refractivity contribution < 1.29 is 14.3 Å². The van der Waals surface area contributed by atoms with Crippen LogP contribution in [0.2, 0.25) is 0 Å². The number of benzene rings is 2. The minimum absolute atomic E-state index is 0.0412. The molecular weight excluding hydrogens is 402 g/mol. The molecule has 0 aliphatic carbocycles. The van der Waals surface area contributed by atoms with Gasteiger partial charge in [-0.3, -0.25) is 9.69 Å². The molecule has 1 atom stereocenters. The molecule has 1 unspecified atom stereocenters. The number of para-hydroxylation sites is 1. The molecule has 6 heteroatoms. The van der Waals surface area contributed by atoms with Gasteiger partial charge in [-0.1, -0.05) is 54.3 Å². The van der Waals surface area contributed by atoms with E-state index in [0.29, 0.717) is 15.8 Å². The van der Waals surface area contributed by atoms with E-state index in [1.54, 1.807) is 12.0 Å². The summed E-state index contributed by atoms with van der Waals surface area (Å²) in [6.07, 6.45) is 4.60. The summed E-state index contributed by atoms with van der Waals surface area (Å²) in [6, 6.07) is 15.8. The maximum atomic E-state index is 12.9. The molecule has 0 spiro atoms. The first-order chi connectivity index (χ1) is 14.0. The van der Waals surface area contributed by atoms with Crippen LogP contribution in [0.25, 0.3) is 6.08 Å². The van der Waals surface area contributed by atoms with Gasteiger partial charge >= 0.3 is 0 Å². The zero-order valence-corrected chi connectivity index (χ0v) is 17.9. The number of methoxy groups -OCH3 is 1. The van der Waals surface area contributed by atoms with Crippen molar-refractivity contribution in [3.8, 4) is 11.5 Å². The molecule has 0 bridgehead atoms. The number of ether oxygens (including phenoxy) is 2. The molecular formula is C23H21NO3S2. The summed E-state index contributed by atoms with van der Waals surface area (Å²) in [7, 11) is 1.65. The largest absolute Gasteiger partial charge is 0.497 e. The lowest BCUT2D eigenvalue weighted by molar-refractivity contribution is -0.122. The summed E-state index contributed by atoms with van der Waals surface area (Å²) in [6.45, 7) is 2.55. The van der Waals surface area contributed by atoms with Gasteiger partial charge in [-0.05, 0) is 54.8 Å². The third-order valence-corrected chi connectivity index (χ3v) is 6.35. The Labute approximate surface area is 180 Å². The minimum atomic E-state index is -0.118. The molecule has 2 aromatic carbocycles. The van der Waals surface area contributed by atoms with Crippen LogP contribution >= 0.6 is 24.0 Å². The molecule has 0 radical (unpaired) electrons. The molecule has 1 fully saturated rings. The Morgan fingerprint density at radius 1 is 1.21 bits per heavy atom. The number of thiocarbonyl (C=S) groups is 1. The van der Waals surface area contributed by atoms with Crippen molar-refractivity contribution in [2.75, 3.05) is 13.7 Å². The Kier molecular flexibility index (Phi) is 5.74. The van der Waals surface area contributed by atoms with E-state index in [-0.39, 0.29) is 12.0 Å². The molecule has 1 amide bonds. The van der Waals surface area contributed by atoms with Gasteiger partial charge in [0.15, 0.2) is 0 Å². The monoisotopic (exact) mass is 423 g/mol. The Balaban J connectivity index is 1.48. The average molecular weight is 424 g/mol. The van der Waals surface area contributed by atoms with Crippen LogP contribution in [0.4, 0.5) is 0 Å². The summed E-state index contributed by atoms with van der Waals surface area (Å²) in [5, 5.41) is 0. The van der Waals surface area contributed by atoms with E-state index in [1.165, 1.54) is 11.8 Å². The van der Waals surface area contributed by atoms with Gasteiger partial charge in [-0.25, -0.2) is 0 Å². The number of thioether (sulfide) groups is 1. The van der Waals surface area contributed by atoms with Crippen molar-refractivity contribution in [1.82, 2.24) is 4.90 Å². The second kappa shape index (κ2) is 8.43. The predicted molar refractivity (Wildman–Crippen MR) is 121 cm³/mol. The minimum Gasteiger partial charge on any atom is -0.497 e. The summed E-state index contributed by atoms with van der Waals surface area (Å²) in [5.41, 5.74) is 3.13. The highest BCUT2D eigenvalue weighted by atomic mass is 32.2. The number of carbonyl (C=O) groups is 1. The van der Waals surface area contributed by atoms with E-state index in [2.05, 4.69) is 6.08 Å². The first kappa shape index (κ1) is 19.7. The first-order valence-electron chi connectivity index (χ1n) is 9.41. The fraction of sp³-hybridized carbons (Fsp3) is 0.217. The normalized spacial score (nSPS) is 19.8. The smallest absolute Gasteiger partial charge is 0.266 e. The van der Waals surface area contributed by atoms with Gasteiger partial charge in [0.05, 0.1) is 12.0 Å². The number of hydrogen-bond donors (Lipinski definition) is 0. The molecule has 2 aliphatic rings. The highest BCUT2D eigenvalue weighted by Crippen LogP contribution is 2.35. The van der Waals surface area contributed by atoms with Crippen LogP contribution < -0.4 is 9.47 Å². The Bertz CT molecular complexity index is 1010. The van der Waals surface area contributed by atoms with Crippen LogP contribution in [0.5, 0.6) is 11.5 Å². The SMILES string of the molecule is COc1ccc(CCN2C(=O)C(=CC3=Cc4ccccc4OC3C)SC2=S)cc1. The maximum absolute atomic E-state index is 12.9. The van der Waals surface area contributed by atoms with Crippen LogP contribution in [-0.2, 0) is 11.2 Å². The van der Waals surface area contributed by atoms with Crippen molar-refractivity contribution in [2.24, 2.45) is 0 Å². The fourth-order valence-corrected chi connectivity index (χ4v) is 4.61. The standard InChI is InChI=1S/C23H21NO3S2/c1-15-18(13-17-5-3-4-6-20(17)27-15)14-21-22(25)24(23(28)29-21)12-11-16-7-9-19(26-2)10-8-16/h3-10,13-15H,11-12H2,1-2H3. The molecule has 0 saturated carbocycles. The van der Waals surface area contributed by atoms with Crippen LogP contribution in [0.3, 0.4) is 0 Å². The second-order valence-corrected chi connectivity index (χ2v) is 8.55. The van der Waals surface area contributed by atoms with Crippen molar-refractivity contribution in [1.29, 1.82) is 0 Å². The fourth-order valence-electron chi connectivity index (χ4n) is 3.30. The van der Waals surface area contributed by atoms with Crippen LogP contribution in [0.1, 0.15) is 18.1 Å². The van der Waals surface area contributed by atoms with Gasteiger partial charge in [-0.15, -0.1) is 0 Å². The number of rotatable bonds is 5. The van der Waals surface area contributed by atoms with E-state index in [4.69, 9.17) is 21.7 Å². The highest BCUT2D eigenvalue weighted by Gasteiger charge is 2.32. The van der Waals surface area contributed by atoms with Crippen molar-refractivity contribution in [3.05, 3.63) is 76.2 Å². The third kappa shape index (κ3) is 4.23. The van der Waals surface area contributed by atoms with Crippen molar-refractivity contribution >= 4 is 40.3 Å². The van der Waals surface area contributed by atoms with E-state index >= 15 is 0 Å². The quantitative estimate of drug-likeness (QED) is 0.508. The van der Waals surface area contributed by atoms with Gasteiger partial charge in [-0.2, -0.15) is 0 Å². The number of carbonyl (C=O) groups excluding carboxylic acids is 1. The van der Waals surface area contributed by atoms with Gasteiger partial charge in [0.25, 0.3) is 5.91 Å². The van der Waals surface area contributed by atoms with Crippen LogP contribution in [0, 0.1) is 0 Å². The first-order valence-corrected chi connectivity index (χ1v) is 10.6. The lowest BCUT2D eigenvalue weighted by Crippen LogP contribution is -2.30.